The number of alkyl halides is 2. The first-order valence-electron chi connectivity index (χ1n) is 5.12. The zero-order valence-electron chi connectivity index (χ0n) is 8.39. The molecule has 1 aliphatic rings. The third kappa shape index (κ3) is 3.22. The molecular formula is C10H19F2N. The fourth-order valence-corrected chi connectivity index (χ4v) is 1.95. The lowest BCUT2D eigenvalue weighted by Gasteiger charge is -2.19. The molecular weight excluding hydrogens is 172 g/mol. The van der Waals surface area contributed by atoms with Crippen LogP contribution < -0.4 is 5.32 Å². The lowest BCUT2D eigenvalue weighted by atomic mass is 9.98. The van der Waals surface area contributed by atoms with Gasteiger partial charge in [0.25, 0.3) is 6.43 Å². The van der Waals surface area contributed by atoms with Crippen molar-refractivity contribution in [1.82, 2.24) is 5.32 Å². The zero-order chi connectivity index (χ0) is 9.84. The van der Waals surface area contributed by atoms with Crippen molar-refractivity contribution >= 4 is 0 Å². The fraction of sp³-hybridized carbons (Fsp3) is 1.00. The predicted octanol–water partition coefficient (Wildman–Crippen LogP) is 2.67. The Balaban J connectivity index is 2.18. The van der Waals surface area contributed by atoms with E-state index in [1.165, 1.54) is 19.3 Å². The van der Waals surface area contributed by atoms with Gasteiger partial charge in [-0.2, -0.15) is 0 Å². The molecule has 0 radical (unpaired) electrons. The van der Waals surface area contributed by atoms with Crippen LogP contribution in [0.25, 0.3) is 0 Å². The third-order valence-electron chi connectivity index (χ3n) is 3.12. The van der Waals surface area contributed by atoms with Gasteiger partial charge in [0, 0.05) is 0 Å². The Morgan fingerprint density at radius 3 is 2.54 bits per heavy atom. The number of rotatable bonds is 4. The smallest absolute Gasteiger partial charge is 0.253 e. The van der Waals surface area contributed by atoms with Gasteiger partial charge in [-0.15, -0.1) is 0 Å². The monoisotopic (exact) mass is 191 g/mol. The summed E-state index contributed by atoms with van der Waals surface area (Å²) in [6.45, 7) is 4.52. The van der Waals surface area contributed by atoms with Gasteiger partial charge in [0.15, 0.2) is 0 Å². The molecule has 0 bridgehead atoms. The highest BCUT2D eigenvalue weighted by molar-refractivity contribution is 4.77. The maximum atomic E-state index is 12.1. The minimum Gasteiger partial charge on any atom is -0.309 e. The van der Waals surface area contributed by atoms with Crippen LogP contribution in [0.1, 0.15) is 33.1 Å². The molecule has 3 heteroatoms. The summed E-state index contributed by atoms with van der Waals surface area (Å²) >= 11 is 0. The van der Waals surface area contributed by atoms with E-state index in [9.17, 15) is 8.78 Å². The molecule has 1 N–H and O–H groups in total. The first-order chi connectivity index (χ1) is 6.11. The van der Waals surface area contributed by atoms with Crippen LogP contribution in [0.2, 0.25) is 0 Å². The first-order valence-corrected chi connectivity index (χ1v) is 5.12. The lowest BCUT2D eigenvalue weighted by molar-refractivity contribution is 0.103. The predicted molar refractivity (Wildman–Crippen MR) is 50.0 cm³/mol. The largest absolute Gasteiger partial charge is 0.309 e. The molecule has 3 atom stereocenters. The van der Waals surface area contributed by atoms with Crippen LogP contribution in [-0.2, 0) is 0 Å². The van der Waals surface area contributed by atoms with Crippen molar-refractivity contribution in [2.75, 3.05) is 6.54 Å². The molecule has 13 heavy (non-hydrogen) atoms. The fourth-order valence-electron chi connectivity index (χ4n) is 1.95. The summed E-state index contributed by atoms with van der Waals surface area (Å²) in [5, 5.41) is 2.90. The standard InChI is InChI=1S/C10H19F2N/c1-7-4-3-5-9(7)6-13-8(2)10(11)12/h7-10,13H,3-6H2,1-2H3. The van der Waals surface area contributed by atoms with E-state index < -0.39 is 12.5 Å². The highest BCUT2D eigenvalue weighted by atomic mass is 19.3. The molecule has 0 heterocycles. The van der Waals surface area contributed by atoms with Gasteiger partial charge in [-0.3, -0.25) is 0 Å². The molecule has 1 aliphatic carbocycles. The number of nitrogens with one attached hydrogen (secondary N) is 1. The Morgan fingerprint density at radius 2 is 2.08 bits per heavy atom. The van der Waals surface area contributed by atoms with Gasteiger partial charge in [0.2, 0.25) is 0 Å². The van der Waals surface area contributed by atoms with E-state index >= 15 is 0 Å². The van der Waals surface area contributed by atoms with Gasteiger partial charge in [-0.25, -0.2) is 8.78 Å². The van der Waals surface area contributed by atoms with Crippen LogP contribution in [0.15, 0.2) is 0 Å². The van der Waals surface area contributed by atoms with Crippen LogP contribution >= 0.6 is 0 Å². The molecule has 1 fully saturated rings. The van der Waals surface area contributed by atoms with Crippen molar-refractivity contribution in [2.24, 2.45) is 11.8 Å². The average molecular weight is 191 g/mol. The lowest BCUT2D eigenvalue weighted by Crippen LogP contribution is -2.36. The molecule has 0 aliphatic heterocycles. The maximum Gasteiger partial charge on any atom is 0.253 e. The zero-order valence-corrected chi connectivity index (χ0v) is 8.39. The summed E-state index contributed by atoms with van der Waals surface area (Å²) in [5.41, 5.74) is 0. The Hall–Kier alpha value is -0.180. The van der Waals surface area contributed by atoms with E-state index in [4.69, 9.17) is 0 Å². The van der Waals surface area contributed by atoms with Gasteiger partial charge in [0.1, 0.15) is 0 Å². The Bertz CT molecular complexity index is 150. The molecule has 0 aromatic heterocycles. The van der Waals surface area contributed by atoms with Crippen LogP contribution in [-0.4, -0.2) is 19.0 Å². The van der Waals surface area contributed by atoms with Crippen LogP contribution in [0.4, 0.5) is 8.78 Å². The van der Waals surface area contributed by atoms with Gasteiger partial charge < -0.3 is 5.32 Å². The number of hydrogen-bond acceptors (Lipinski definition) is 1. The maximum absolute atomic E-state index is 12.1. The second kappa shape index (κ2) is 4.89. The quantitative estimate of drug-likeness (QED) is 0.720. The molecule has 0 amide bonds. The molecule has 1 saturated carbocycles. The summed E-state index contributed by atoms with van der Waals surface area (Å²) in [7, 11) is 0. The molecule has 78 valence electrons. The van der Waals surface area contributed by atoms with Crippen molar-refractivity contribution in [2.45, 2.75) is 45.6 Å². The van der Waals surface area contributed by atoms with Gasteiger partial charge in [-0.1, -0.05) is 19.8 Å². The van der Waals surface area contributed by atoms with Crippen LogP contribution in [0, 0.1) is 11.8 Å². The third-order valence-corrected chi connectivity index (χ3v) is 3.12. The minimum absolute atomic E-state index is 0.612. The second-order valence-electron chi connectivity index (χ2n) is 4.20. The molecule has 0 aromatic rings. The van der Waals surface area contributed by atoms with Gasteiger partial charge >= 0.3 is 0 Å². The molecule has 1 nitrogen and oxygen atoms in total. The van der Waals surface area contributed by atoms with Crippen LogP contribution in [0.5, 0.6) is 0 Å². The van der Waals surface area contributed by atoms with E-state index in [2.05, 4.69) is 12.2 Å². The molecule has 1 rings (SSSR count). The Morgan fingerprint density at radius 1 is 1.38 bits per heavy atom. The van der Waals surface area contributed by atoms with Crippen molar-refractivity contribution < 1.29 is 8.78 Å². The molecule has 0 aromatic carbocycles. The Kier molecular flexibility index (Phi) is 4.10. The van der Waals surface area contributed by atoms with E-state index in [1.807, 2.05) is 0 Å². The van der Waals surface area contributed by atoms with Crippen molar-refractivity contribution in [3.05, 3.63) is 0 Å². The highest BCUT2D eigenvalue weighted by Gasteiger charge is 2.24. The van der Waals surface area contributed by atoms with Crippen molar-refractivity contribution in [3.63, 3.8) is 0 Å². The number of hydrogen-bond donors (Lipinski definition) is 1. The SMILES string of the molecule is CC1CCCC1CNC(C)C(F)F. The van der Waals surface area contributed by atoms with Crippen molar-refractivity contribution in [3.8, 4) is 0 Å². The Labute approximate surface area is 78.9 Å². The summed E-state index contributed by atoms with van der Waals surface area (Å²) in [5.74, 6) is 1.32. The molecule has 3 unspecified atom stereocenters. The number of halogens is 2. The molecule has 0 spiro atoms. The van der Waals surface area contributed by atoms with Crippen LogP contribution in [0.3, 0.4) is 0 Å². The summed E-state index contributed by atoms with van der Waals surface area (Å²) in [6.07, 6.45) is 1.48. The van der Waals surface area contributed by atoms with E-state index in [0.717, 1.165) is 6.54 Å². The minimum atomic E-state index is -2.24. The summed E-state index contributed by atoms with van der Waals surface area (Å²) < 4.78 is 24.3. The second-order valence-corrected chi connectivity index (χ2v) is 4.20. The van der Waals surface area contributed by atoms with E-state index in [-0.39, 0.29) is 0 Å². The summed E-state index contributed by atoms with van der Waals surface area (Å²) in [4.78, 5) is 0. The van der Waals surface area contributed by atoms with Gasteiger partial charge in [-0.05, 0) is 31.7 Å². The first kappa shape index (κ1) is 10.9. The topological polar surface area (TPSA) is 12.0 Å². The van der Waals surface area contributed by atoms with Gasteiger partial charge in [0.05, 0.1) is 6.04 Å². The average Bonchev–Trinajstić information content (AvgIpc) is 2.47. The highest BCUT2D eigenvalue weighted by Crippen LogP contribution is 2.30. The van der Waals surface area contributed by atoms with E-state index in [0.29, 0.717) is 11.8 Å². The summed E-state index contributed by atoms with van der Waals surface area (Å²) in [6, 6.07) is -0.659. The van der Waals surface area contributed by atoms with E-state index in [1.54, 1.807) is 6.92 Å². The molecule has 0 saturated heterocycles. The van der Waals surface area contributed by atoms with Crippen molar-refractivity contribution in [1.29, 1.82) is 0 Å². The normalized spacial score (nSPS) is 31.2.